The molecule has 4 nitrogen and oxygen atoms in total. The van der Waals surface area contributed by atoms with Gasteiger partial charge in [0.05, 0.1) is 11.7 Å². The maximum atomic E-state index is 5.74. The zero-order valence-corrected chi connectivity index (χ0v) is 8.79. The Bertz CT molecular complexity index is 845. The molecule has 0 aliphatic carbocycles. The summed E-state index contributed by atoms with van der Waals surface area (Å²) in [5.74, 6) is 0. The first-order valence-electron chi connectivity index (χ1n) is 5.28. The van der Waals surface area contributed by atoms with Crippen molar-refractivity contribution in [2.75, 3.05) is 0 Å². The molecule has 17 heavy (non-hydrogen) atoms. The SMILES string of the molecule is c1cc2c(cn1)oc1cc3ncncc3cc12. The first-order valence-corrected chi connectivity index (χ1v) is 5.28. The molecule has 3 heterocycles. The third kappa shape index (κ3) is 1.15. The summed E-state index contributed by atoms with van der Waals surface area (Å²) < 4.78 is 5.74. The number of rotatable bonds is 0. The third-order valence-corrected chi connectivity index (χ3v) is 2.90. The van der Waals surface area contributed by atoms with E-state index in [9.17, 15) is 0 Å². The molecule has 1 aromatic carbocycles. The van der Waals surface area contributed by atoms with Gasteiger partial charge in [-0.3, -0.25) is 4.98 Å². The highest BCUT2D eigenvalue weighted by atomic mass is 16.3. The number of pyridine rings is 1. The minimum atomic E-state index is 0.797. The fourth-order valence-electron chi connectivity index (χ4n) is 2.11. The molecule has 0 saturated carbocycles. The predicted octanol–water partition coefficient (Wildman–Crippen LogP) is 2.92. The van der Waals surface area contributed by atoms with Gasteiger partial charge >= 0.3 is 0 Å². The third-order valence-electron chi connectivity index (χ3n) is 2.90. The minimum Gasteiger partial charge on any atom is -0.454 e. The van der Waals surface area contributed by atoms with Crippen LogP contribution in [0, 0.1) is 0 Å². The van der Waals surface area contributed by atoms with Crippen LogP contribution >= 0.6 is 0 Å². The van der Waals surface area contributed by atoms with E-state index in [4.69, 9.17) is 4.42 Å². The highest BCUT2D eigenvalue weighted by Gasteiger charge is 2.08. The normalized spacial score (nSPS) is 11.5. The highest BCUT2D eigenvalue weighted by Crippen LogP contribution is 2.30. The van der Waals surface area contributed by atoms with E-state index >= 15 is 0 Å². The molecule has 0 amide bonds. The molecule has 0 spiro atoms. The van der Waals surface area contributed by atoms with Gasteiger partial charge < -0.3 is 4.42 Å². The van der Waals surface area contributed by atoms with Crippen LogP contribution in [0.15, 0.2) is 47.5 Å². The second-order valence-corrected chi connectivity index (χ2v) is 3.90. The fraction of sp³-hybridized carbons (Fsp3) is 0. The number of hydrogen-bond donors (Lipinski definition) is 0. The van der Waals surface area contributed by atoms with Crippen LogP contribution in [0.1, 0.15) is 0 Å². The Labute approximate surface area is 95.9 Å². The Morgan fingerprint density at radius 2 is 1.94 bits per heavy atom. The summed E-state index contributed by atoms with van der Waals surface area (Å²) in [4.78, 5) is 12.3. The zero-order chi connectivity index (χ0) is 11.2. The average molecular weight is 221 g/mol. The molecule has 4 rings (SSSR count). The van der Waals surface area contributed by atoms with Crippen molar-refractivity contribution in [1.82, 2.24) is 15.0 Å². The number of furan rings is 1. The molecule has 0 radical (unpaired) electrons. The summed E-state index contributed by atoms with van der Waals surface area (Å²) in [6.45, 7) is 0. The van der Waals surface area contributed by atoms with E-state index in [1.54, 1.807) is 18.7 Å². The van der Waals surface area contributed by atoms with Crippen molar-refractivity contribution in [3.63, 3.8) is 0 Å². The van der Waals surface area contributed by atoms with Crippen molar-refractivity contribution >= 4 is 32.8 Å². The second kappa shape index (κ2) is 3.01. The highest BCUT2D eigenvalue weighted by molar-refractivity contribution is 6.08. The molecule has 0 saturated heterocycles. The summed E-state index contributed by atoms with van der Waals surface area (Å²) in [6, 6.07) is 5.94. The second-order valence-electron chi connectivity index (χ2n) is 3.90. The van der Waals surface area contributed by atoms with Crippen LogP contribution in [0.5, 0.6) is 0 Å². The van der Waals surface area contributed by atoms with Crippen molar-refractivity contribution in [1.29, 1.82) is 0 Å². The van der Waals surface area contributed by atoms with E-state index in [1.807, 2.05) is 18.3 Å². The van der Waals surface area contributed by atoms with Crippen LogP contribution in [-0.4, -0.2) is 15.0 Å². The van der Waals surface area contributed by atoms with Gasteiger partial charge in [0.1, 0.15) is 11.9 Å². The maximum absolute atomic E-state index is 5.74. The summed E-state index contributed by atoms with van der Waals surface area (Å²) in [5.41, 5.74) is 2.52. The number of hydrogen-bond acceptors (Lipinski definition) is 4. The van der Waals surface area contributed by atoms with E-state index < -0.39 is 0 Å². The molecule has 4 aromatic rings. The lowest BCUT2D eigenvalue weighted by Gasteiger charge is -1.95. The Morgan fingerprint density at radius 3 is 2.94 bits per heavy atom. The van der Waals surface area contributed by atoms with Gasteiger partial charge in [-0.1, -0.05) is 0 Å². The monoisotopic (exact) mass is 221 g/mol. The van der Waals surface area contributed by atoms with Crippen LogP contribution in [0.3, 0.4) is 0 Å². The van der Waals surface area contributed by atoms with Crippen LogP contribution in [-0.2, 0) is 0 Å². The van der Waals surface area contributed by atoms with Gasteiger partial charge in [0.15, 0.2) is 5.58 Å². The molecule has 0 bridgehead atoms. The van der Waals surface area contributed by atoms with Gasteiger partial charge in [0.25, 0.3) is 0 Å². The minimum absolute atomic E-state index is 0.797. The maximum Gasteiger partial charge on any atom is 0.153 e. The lowest BCUT2D eigenvalue weighted by Crippen LogP contribution is -1.79. The smallest absolute Gasteiger partial charge is 0.153 e. The molecular weight excluding hydrogens is 214 g/mol. The van der Waals surface area contributed by atoms with E-state index in [-0.39, 0.29) is 0 Å². The molecular formula is C13H7N3O. The topological polar surface area (TPSA) is 51.8 Å². The Kier molecular flexibility index (Phi) is 1.53. The standard InChI is InChI=1S/C13H7N3O/c1-2-14-6-13-9(1)10-3-8-5-15-7-16-11(8)4-12(10)17-13/h1-7H. The molecule has 0 aliphatic rings. The lowest BCUT2D eigenvalue weighted by atomic mass is 10.1. The van der Waals surface area contributed by atoms with E-state index in [1.165, 1.54) is 0 Å². The molecule has 80 valence electrons. The Hall–Kier alpha value is -2.49. The van der Waals surface area contributed by atoms with Crippen molar-refractivity contribution in [3.8, 4) is 0 Å². The van der Waals surface area contributed by atoms with Crippen LogP contribution in [0.25, 0.3) is 32.8 Å². The zero-order valence-electron chi connectivity index (χ0n) is 8.79. The largest absolute Gasteiger partial charge is 0.454 e. The van der Waals surface area contributed by atoms with Gasteiger partial charge in [-0.05, 0) is 12.1 Å². The fourth-order valence-corrected chi connectivity index (χ4v) is 2.11. The van der Waals surface area contributed by atoms with E-state index in [2.05, 4.69) is 21.0 Å². The number of fused-ring (bicyclic) bond motifs is 4. The van der Waals surface area contributed by atoms with Gasteiger partial charge in [-0.15, -0.1) is 0 Å². The summed E-state index contributed by atoms with van der Waals surface area (Å²) in [7, 11) is 0. The lowest BCUT2D eigenvalue weighted by molar-refractivity contribution is 0.667. The number of aromatic nitrogens is 3. The molecule has 0 atom stereocenters. The molecule has 4 heteroatoms. The Balaban J connectivity index is 2.28. The van der Waals surface area contributed by atoms with Gasteiger partial charge in [0.2, 0.25) is 0 Å². The summed E-state index contributed by atoms with van der Waals surface area (Å²) >= 11 is 0. The van der Waals surface area contributed by atoms with Crippen molar-refractivity contribution in [3.05, 3.63) is 43.1 Å². The summed E-state index contributed by atoms with van der Waals surface area (Å²) in [5, 5.41) is 3.16. The van der Waals surface area contributed by atoms with E-state index in [0.29, 0.717) is 0 Å². The molecule has 0 N–H and O–H groups in total. The molecule has 3 aromatic heterocycles. The van der Waals surface area contributed by atoms with Gasteiger partial charge in [-0.2, -0.15) is 0 Å². The average Bonchev–Trinajstić information content (AvgIpc) is 2.73. The first kappa shape index (κ1) is 8.64. The molecule has 0 unspecified atom stereocenters. The number of benzene rings is 1. The van der Waals surface area contributed by atoms with E-state index in [0.717, 1.165) is 32.8 Å². The Morgan fingerprint density at radius 1 is 0.941 bits per heavy atom. The van der Waals surface area contributed by atoms with Crippen LogP contribution < -0.4 is 0 Å². The summed E-state index contributed by atoms with van der Waals surface area (Å²) in [6.07, 6.45) is 6.84. The van der Waals surface area contributed by atoms with Gasteiger partial charge in [-0.25, -0.2) is 9.97 Å². The van der Waals surface area contributed by atoms with Crippen molar-refractivity contribution in [2.24, 2.45) is 0 Å². The van der Waals surface area contributed by atoms with Crippen molar-refractivity contribution < 1.29 is 4.42 Å². The molecule has 0 aliphatic heterocycles. The molecule has 0 fully saturated rings. The predicted molar refractivity (Wildman–Crippen MR) is 64.6 cm³/mol. The van der Waals surface area contributed by atoms with Crippen LogP contribution in [0.2, 0.25) is 0 Å². The first-order chi connectivity index (χ1) is 8.42. The number of nitrogens with zero attached hydrogens (tertiary/aromatic N) is 3. The quantitative estimate of drug-likeness (QED) is 0.458. The van der Waals surface area contributed by atoms with Gasteiger partial charge in [0, 0.05) is 34.6 Å². The van der Waals surface area contributed by atoms with Crippen molar-refractivity contribution in [2.45, 2.75) is 0 Å². The van der Waals surface area contributed by atoms with Crippen LogP contribution in [0.4, 0.5) is 0 Å².